The average Bonchev–Trinajstić information content (AvgIpc) is 2.54. The summed E-state index contributed by atoms with van der Waals surface area (Å²) in [7, 11) is 1.50. The molecule has 0 aliphatic heterocycles. The molecule has 6 nitrogen and oxygen atoms in total. The summed E-state index contributed by atoms with van der Waals surface area (Å²) in [5.41, 5.74) is 2.82. The fourth-order valence-electron chi connectivity index (χ4n) is 1.77. The van der Waals surface area contributed by atoms with Crippen molar-refractivity contribution in [3.8, 4) is 5.75 Å². The Balaban J connectivity index is 1.99. The molecule has 110 valence electrons. The summed E-state index contributed by atoms with van der Waals surface area (Å²) < 4.78 is 10.3. The fraction of sp³-hybridized carbons (Fsp3) is 0.133. The van der Waals surface area contributed by atoms with E-state index in [9.17, 15) is 4.79 Å². The van der Waals surface area contributed by atoms with Crippen LogP contribution in [0.5, 0.6) is 5.75 Å². The molecule has 0 radical (unpaired) electrons. The third-order valence-corrected chi connectivity index (χ3v) is 2.82. The summed E-state index contributed by atoms with van der Waals surface area (Å²) in [6.07, 6.45) is -0.591. The molecule has 0 heterocycles. The number of quaternary nitrogens is 1. The van der Waals surface area contributed by atoms with E-state index >= 15 is 0 Å². The van der Waals surface area contributed by atoms with E-state index in [1.54, 1.807) is 18.2 Å². The average molecular weight is 289 g/mol. The number of hydrogen-bond donors (Lipinski definition) is 3. The molecule has 0 saturated heterocycles. The normalized spacial score (nSPS) is 10.0. The van der Waals surface area contributed by atoms with Gasteiger partial charge in [-0.3, -0.25) is 5.32 Å². The number of methoxy groups -OCH3 is 1. The van der Waals surface area contributed by atoms with E-state index in [1.165, 1.54) is 7.11 Å². The lowest BCUT2D eigenvalue weighted by Gasteiger charge is -2.10. The van der Waals surface area contributed by atoms with Gasteiger partial charge in [0.2, 0.25) is 0 Å². The molecule has 0 aliphatic carbocycles. The number of nitrogens with two attached hydrogens (primary N) is 1. The summed E-state index contributed by atoms with van der Waals surface area (Å²) in [5, 5.41) is 11.6. The predicted molar refractivity (Wildman–Crippen MR) is 76.6 cm³/mol. The Bertz CT molecular complexity index is 602. The van der Waals surface area contributed by atoms with E-state index < -0.39 is 6.09 Å². The number of ether oxygens (including phenoxy) is 2. The second kappa shape index (κ2) is 7.28. The standard InChI is InChI=1S/C15H16N2O4/c1-20-14-8-7-12(17-19)9-13(14)16-15(18)21-10-11-5-3-2-4-6-11/h2-9,17,19H,10H2,1H3,(H,16,18)/p+1. The molecule has 0 fully saturated rings. The van der Waals surface area contributed by atoms with Gasteiger partial charge in [0.15, 0.2) is 5.69 Å². The van der Waals surface area contributed by atoms with Gasteiger partial charge in [0, 0.05) is 12.1 Å². The zero-order chi connectivity index (χ0) is 15.1. The SMILES string of the molecule is COc1ccc([NH2+]O)cc1NC(=O)OCc1ccccc1. The number of hydrogen-bond acceptors (Lipinski definition) is 4. The number of benzene rings is 2. The zero-order valence-electron chi connectivity index (χ0n) is 11.6. The fourth-order valence-corrected chi connectivity index (χ4v) is 1.77. The molecule has 0 saturated carbocycles. The minimum absolute atomic E-state index is 0.181. The molecule has 0 aromatic heterocycles. The maximum absolute atomic E-state index is 11.8. The maximum atomic E-state index is 11.8. The van der Waals surface area contributed by atoms with Crippen molar-refractivity contribution in [2.45, 2.75) is 6.61 Å². The van der Waals surface area contributed by atoms with Crippen molar-refractivity contribution in [1.29, 1.82) is 0 Å². The highest BCUT2D eigenvalue weighted by molar-refractivity contribution is 5.87. The van der Waals surface area contributed by atoms with Gasteiger partial charge < -0.3 is 9.47 Å². The molecule has 1 amide bonds. The van der Waals surface area contributed by atoms with Gasteiger partial charge in [-0.05, 0) is 11.6 Å². The second-order valence-corrected chi connectivity index (χ2v) is 4.28. The predicted octanol–water partition coefficient (Wildman–Crippen LogP) is 2.03. The van der Waals surface area contributed by atoms with Gasteiger partial charge in [0.25, 0.3) is 0 Å². The highest BCUT2D eigenvalue weighted by Gasteiger charge is 2.11. The Morgan fingerprint density at radius 2 is 2.00 bits per heavy atom. The Morgan fingerprint density at radius 3 is 2.67 bits per heavy atom. The first-order valence-electron chi connectivity index (χ1n) is 6.36. The Kier molecular flexibility index (Phi) is 5.14. The van der Waals surface area contributed by atoms with Gasteiger partial charge in [-0.2, -0.15) is 5.48 Å². The number of carbonyl (C=O) groups excluding carboxylic acids is 1. The van der Waals surface area contributed by atoms with E-state index in [2.05, 4.69) is 5.32 Å². The Hall–Kier alpha value is -2.57. The number of nitrogens with one attached hydrogen (secondary N) is 1. The van der Waals surface area contributed by atoms with Gasteiger partial charge in [-0.25, -0.2) is 10.0 Å². The topological polar surface area (TPSA) is 84.4 Å². The van der Waals surface area contributed by atoms with Crippen LogP contribution in [-0.2, 0) is 11.3 Å². The lowest BCUT2D eigenvalue weighted by molar-refractivity contribution is -0.825. The third-order valence-electron chi connectivity index (χ3n) is 2.82. The Morgan fingerprint density at radius 1 is 1.24 bits per heavy atom. The van der Waals surface area contributed by atoms with Crippen LogP contribution in [0.3, 0.4) is 0 Å². The molecule has 0 bridgehead atoms. The summed E-state index contributed by atoms with van der Waals surface area (Å²) in [6, 6.07) is 14.3. The van der Waals surface area contributed by atoms with Crippen LogP contribution >= 0.6 is 0 Å². The summed E-state index contributed by atoms with van der Waals surface area (Å²) in [5.74, 6) is 0.484. The molecule has 0 atom stereocenters. The van der Waals surface area contributed by atoms with E-state index in [0.717, 1.165) is 11.0 Å². The molecule has 0 aliphatic rings. The maximum Gasteiger partial charge on any atom is 0.412 e. The second-order valence-electron chi connectivity index (χ2n) is 4.28. The smallest absolute Gasteiger partial charge is 0.412 e. The van der Waals surface area contributed by atoms with E-state index in [4.69, 9.17) is 14.7 Å². The molecule has 4 N–H and O–H groups in total. The first kappa shape index (κ1) is 14.8. The van der Waals surface area contributed by atoms with Crippen LogP contribution in [0.2, 0.25) is 0 Å². The largest absolute Gasteiger partial charge is 0.495 e. The van der Waals surface area contributed by atoms with Gasteiger partial charge in [-0.15, -0.1) is 0 Å². The third kappa shape index (κ3) is 4.20. The molecule has 6 heteroatoms. The first-order chi connectivity index (χ1) is 10.2. The van der Waals surface area contributed by atoms with Crippen molar-refractivity contribution in [1.82, 2.24) is 0 Å². The number of anilines is 1. The van der Waals surface area contributed by atoms with Crippen molar-refractivity contribution >= 4 is 17.5 Å². The van der Waals surface area contributed by atoms with Crippen LogP contribution in [0, 0.1) is 0 Å². The van der Waals surface area contributed by atoms with Crippen LogP contribution in [-0.4, -0.2) is 18.4 Å². The van der Waals surface area contributed by atoms with Crippen molar-refractivity contribution in [3.05, 3.63) is 54.1 Å². The molecule has 2 aromatic carbocycles. The molecule has 0 spiro atoms. The summed E-state index contributed by atoms with van der Waals surface area (Å²) >= 11 is 0. The highest BCUT2D eigenvalue weighted by Crippen LogP contribution is 2.26. The minimum Gasteiger partial charge on any atom is -0.495 e. The quantitative estimate of drug-likeness (QED) is 0.581. The van der Waals surface area contributed by atoms with E-state index in [-0.39, 0.29) is 6.61 Å². The molecular weight excluding hydrogens is 272 g/mol. The van der Waals surface area contributed by atoms with Crippen LogP contribution in [0.4, 0.5) is 16.2 Å². The zero-order valence-corrected chi connectivity index (χ0v) is 11.6. The van der Waals surface area contributed by atoms with E-state index in [0.29, 0.717) is 17.1 Å². The lowest BCUT2D eigenvalue weighted by Crippen LogP contribution is -2.73. The van der Waals surface area contributed by atoms with Crippen LogP contribution in [0.1, 0.15) is 5.56 Å². The monoisotopic (exact) mass is 289 g/mol. The van der Waals surface area contributed by atoms with Crippen LogP contribution < -0.4 is 15.5 Å². The number of amides is 1. The van der Waals surface area contributed by atoms with Crippen LogP contribution in [0.15, 0.2) is 48.5 Å². The molecule has 21 heavy (non-hydrogen) atoms. The molecule has 2 aromatic rings. The molecule has 2 rings (SSSR count). The molecule has 0 unspecified atom stereocenters. The van der Waals surface area contributed by atoms with Gasteiger partial charge >= 0.3 is 6.09 Å². The van der Waals surface area contributed by atoms with Crippen molar-refractivity contribution in [3.63, 3.8) is 0 Å². The Labute approximate surface area is 122 Å². The highest BCUT2D eigenvalue weighted by atomic mass is 16.5. The van der Waals surface area contributed by atoms with Crippen LogP contribution in [0.25, 0.3) is 0 Å². The van der Waals surface area contributed by atoms with Gasteiger partial charge in [0.05, 0.1) is 12.8 Å². The first-order valence-corrected chi connectivity index (χ1v) is 6.36. The molecular formula is C15H17N2O4+. The van der Waals surface area contributed by atoms with Crippen molar-refractivity contribution < 1.29 is 25.0 Å². The summed E-state index contributed by atoms with van der Waals surface area (Å²) in [4.78, 5) is 11.8. The lowest BCUT2D eigenvalue weighted by atomic mass is 10.2. The van der Waals surface area contributed by atoms with Gasteiger partial charge in [-0.1, -0.05) is 30.3 Å². The number of rotatable bonds is 5. The van der Waals surface area contributed by atoms with Crippen molar-refractivity contribution in [2.24, 2.45) is 0 Å². The number of carbonyl (C=O) groups is 1. The minimum atomic E-state index is -0.591. The van der Waals surface area contributed by atoms with Gasteiger partial charge in [0.1, 0.15) is 12.4 Å². The van der Waals surface area contributed by atoms with Crippen molar-refractivity contribution in [2.75, 3.05) is 12.4 Å². The summed E-state index contributed by atoms with van der Waals surface area (Å²) in [6.45, 7) is 0.181. The van der Waals surface area contributed by atoms with E-state index in [1.807, 2.05) is 30.3 Å².